The van der Waals surface area contributed by atoms with Gasteiger partial charge < -0.3 is 10.2 Å². The van der Waals surface area contributed by atoms with Crippen molar-refractivity contribution in [2.24, 2.45) is 17.3 Å². The lowest BCUT2D eigenvalue weighted by molar-refractivity contribution is -0.156. The van der Waals surface area contributed by atoms with Gasteiger partial charge in [-0.25, -0.2) is 18.2 Å². The van der Waals surface area contributed by atoms with E-state index in [0.29, 0.717) is 29.5 Å². The third-order valence-corrected chi connectivity index (χ3v) is 9.55. The van der Waals surface area contributed by atoms with Crippen LogP contribution in [0, 0.1) is 17.3 Å². The van der Waals surface area contributed by atoms with Gasteiger partial charge >= 0.3 is 6.18 Å². The van der Waals surface area contributed by atoms with E-state index in [0.717, 1.165) is 37.8 Å². The molecular formula is C28H41F3N4O6S. The summed E-state index contributed by atoms with van der Waals surface area (Å²) in [7, 11) is -4.07. The van der Waals surface area contributed by atoms with Crippen molar-refractivity contribution >= 4 is 28.2 Å². The van der Waals surface area contributed by atoms with Crippen LogP contribution in [0.25, 0.3) is 0 Å². The number of halogens is 3. The monoisotopic (exact) mass is 618 g/mol. The van der Waals surface area contributed by atoms with Gasteiger partial charge in [-0.1, -0.05) is 46.5 Å². The predicted molar refractivity (Wildman–Crippen MR) is 147 cm³/mol. The van der Waals surface area contributed by atoms with Gasteiger partial charge in [-0.05, 0) is 54.9 Å². The van der Waals surface area contributed by atoms with Crippen molar-refractivity contribution in [1.82, 2.24) is 20.0 Å². The molecule has 1 heterocycles. The highest BCUT2D eigenvalue weighted by Gasteiger charge is 2.39. The SMILES string of the molecule is CC(C)(C)[C@H](NC(=O)[C@H](CC1CCCC1)CN(O)C=O)C(=O)N1CCC(NS(=O)(=O)c2ccc(C(F)(F)F)cc2)CC1. The van der Waals surface area contributed by atoms with E-state index in [4.69, 9.17) is 0 Å². The molecule has 2 aliphatic rings. The molecule has 1 saturated heterocycles. The van der Waals surface area contributed by atoms with Crippen LogP contribution in [0.3, 0.4) is 0 Å². The summed E-state index contributed by atoms with van der Waals surface area (Å²) < 4.78 is 66.5. The van der Waals surface area contributed by atoms with Gasteiger partial charge in [0, 0.05) is 19.1 Å². The van der Waals surface area contributed by atoms with Crippen LogP contribution in [0.5, 0.6) is 0 Å². The number of alkyl halides is 3. The van der Waals surface area contributed by atoms with Gasteiger partial charge in [0.1, 0.15) is 6.04 Å². The molecule has 42 heavy (non-hydrogen) atoms. The Balaban J connectivity index is 1.63. The number of benzene rings is 1. The number of amides is 3. The summed E-state index contributed by atoms with van der Waals surface area (Å²) in [6.07, 6.45) is 0.781. The smallest absolute Gasteiger partial charge is 0.344 e. The first-order valence-electron chi connectivity index (χ1n) is 14.2. The first-order valence-corrected chi connectivity index (χ1v) is 15.7. The molecule has 0 radical (unpaired) electrons. The fourth-order valence-corrected chi connectivity index (χ4v) is 6.91. The van der Waals surface area contributed by atoms with Crippen LogP contribution in [-0.4, -0.2) is 73.5 Å². The van der Waals surface area contributed by atoms with Gasteiger partial charge in [0.2, 0.25) is 28.2 Å². The molecule has 14 heteroatoms. The lowest BCUT2D eigenvalue weighted by Gasteiger charge is -2.39. The van der Waals surface area contributed by atoms with Gasteiger partial charge in [0.15, 0.2) is 0 Å². The van der Waals surface area contributed by atoms with Crippen molar-refractivity contribution in [2.45, 2.75) is 88.9 Å². The standard InChI is InChI=1S/C28H41F3N4O6S/c1-27(2,3)24(32-25(37)20(17-35(39)18-36)16-19-6-4-5-7-19)26(38)34-14-12-22(13-15-34)33-42(40,41)23-10-8-21(9-11-23)28(29,30)31/h8-11,18-20,22,24,33,39H,4-7,12-17H2,1-3H3,(H,32,37)/t20-,24-/m1/s1. The van der Waals surface area contributed by atoms with Gasteiger partial charge in [0.25, 0.3) is 0 Å². The van der Waals surface area contributed by atoms with E-state index in [1.807, 2.05) is 20.8 Å². The maximum absolute atomic E-state index is 13.6. The summed E-state index contributed by atoms with van der Waals surface area (Å²) in [6.45, 7) is 5.69. The molecule has 1 aliphatic heterocycles. The van der Waals surface area contributed by atoms with Crippen LogP contribution in [0.2, 0.25) is 0 Å². The summed E-state index contributed by atoms with van der Waals surface area (Å²) in [5.41, 5.74) is -1.62. The highest BCUT2D eigenvalue weighted by Crippen LogP contribution is 2.32. The van der Waals surface area contributed by atoms with Crippen LogP contribution >= 0.6 is 0 Å². The number of likely N-dealkylation sites (tertiary alicyclic amines) is 1. The maximum atomic E-state index is 13.6. The van der Waals surface area contributed by atoms with Crippen LogP contribution in [0.4, 0.5) is 13.2 Å². The van der Waals surface area contributed by atoms with E-state index < -0.39 is 51.1 Å². The molecule has 0 bridgehead atoms. The summed E-state index contributed by atoms with van der Waals surface area (Å²) in [5.74, 6) is -1.13. The van der Waals surface area contributed by atoms with Crippen molar-refractivity contribution in [3.63, 3.8) is 0 Å². The predicted octanol–water partition coefficient (Wildman–Crippen LogP) is 3.55. The molecule has 1 aromatic rings. The molecule has 3 amide bonds. The largest absolute Gasteiger partial charge is 0.416 e. The van der Waals surface area contributed by atoms with Crippen molar-refractivity contribution in [1.29, 1.82) is 0 Å². The Hall–Kier alpha value is -2.71. The van der Waals surface area contributed by atoms with Gasteiger partial charge in [-0.15, -0.1) is 0 Å². The molecule has 0 unspecified atom stereocenters. The van der Waals surface area contributed by atoms with E-state index in [-0.39, 0.29) is 49.7 Å². The highest BCUT2D eigenvalue weighted by molar-refractivity contribution is 7.89. The number of hydroxylamine groups is 2. The molecule has 0 spiro atoms. The van der Waals surface area contributed by atoms with Crippen LogP contribution in [0.1, 0.15) is 71.3 Å². The molecule has 1 saturated carbocycles. The minimum absolute atomic E-state index is 0.179. The number of rotatable bonds is 11. The average Bonchev–Trinajstić information content (AvgIpc) is 3.43. The van der Waals surface area contributed by atoms with E-state index in [1.165, 1.54) is 0 Å². The van der Waals surface area contributed by atoms with Crippen LogP contribution in [0.15, 0.2) is 29.2 Å². The Morgan fingerprint density at radius 2 is 1.64 bits per heavy atom. The maximum Gasteiger partial charge on any atom is 0.416 e. The first kappa shape index (κ1) is 33.8. The summed E-state index contributed by atoms with van der Waals surface area (Å²) in [5, 5.41) is 13.1. The third kappa shape index (κ3) is 9.14. The average molecular weight is 619 g/mol. The van der Waals surface area contributed by atoms with Crippen molar-refractivity contribution in [3.8, 4) is 0 Å². The molecule has 10 nitrogen and oxygen atoms in total. The minimum atomic E-state index is -4.58. The van der Waals surface area contributed by atoms with Gasteiger partial charge in [0.05, 0.1) is 22.9 Å². The van der Waals surface area contributed by atoms with E-state index in [1.54, 1.807) is 4.90 Å². The highest BCUT2D eigenvalue weighted by atomic mass is 32.2. The molecular weight excluding hydrogens is 577 g/mol. The molecule has 2 atom stereocenters. The quantitative estimate of drug-likeness (QED) is 0.197. The van der Waals surface area contributed by atoms with E-state index in [9.17, 15) is 41.2 Å². The Morgan fingerprint density at radius 3 is 2.14 bits per heavy atom. The number of nitrogens with zero attached hydrogens (tertiary/aromatic N) is 2. The Bertz CT molecular complexity index is 1190. The van der Waals surface area contributed by atoms with Crippen molar-refractivity contribution in [2.75, 3.05) is 19.6 Å². The second-order valence-corrected chi connectivity index (χ2v) is 14.1. The Labute approximate surface area is 245 Å². The molecule has 1 aliphatic carbocycles. The zero-order valence-electron chi connectivity index (χ0n) is 24.2. The van der Waals surface area contributed by atoms with Gasteiger partial charge in [-0.2, -0.15) is 13.2 Å². The summed E-state index contributed by atoms with van der Waals surface area (Å²) >= 11 is 0. The second kappa shape index (κ2) is 13.7. The molecule has 3 rings (SSSR count). The zero-order chi connectivity index (χ0) is 31.3. The number of carbonyl (C=O) groups excluding carboxylic acids is 3. The molecule has 236 valence electrons. The normalized spacial score (nSPS) is 18.9. The minimum Gasteiger partial charge on any atom is -0.344 e. The van der Waals surface area contributed by atoms with Gasteiger partial charge in [-0.3, -0.25) is 19.6 Å². The second-order valence-electron chi connectivity index (χ2n) is 12.4. The van der Waals surface area contributed by atoms with E-state index in [2.05, 4.69) is 10.0 Å². The zero-order valence-corrected chi connectivity index (χ0v) is 25.0. The number of piperidine rings is 1. The fourth-order valence-electron chi connectivity index (χ4n) is 5.60. The fraction of sp³-hybridized carbons (Fsp3) is 0.679. The third-order valence-electron chi connectivity index (χ3n) is 8.01. The topological polar surface area (TPSA) is 136 Å². The number of nitrogens with one attached hydrogen (secondary N) is 2. The first-order chi connectivity index (χ1) is 19.5. The Morgan fingerprint density at radius 1 is 1.07 bits per heavy atom. The van der Waals surface area contributed by atoms with Crippen LogP contribution in [-0.2, 0) is 30.6 Å². The molecule has 0 aromatic heterocycles. The number of hydrogen-bond acceptors (Lipinski definition) is 6. The lowest BCUT2D eigenvalue weighted by Crippen LogP contribution is -2.58. The summed E-state index contributed by atoms with van der Waals surface area (Å²) in [6, 6.07) is 1.81. The molecule has 1 aromatic carbocycles. The number of sulfonamides is 1. The number of hydrogen-bond donors (Lipinski definition) is 3. The van der Waals surface area contributed by atoms with Crippen molar-refractivity contribution < 1.29 is 41.2 Å². The lowest BCUT2D eigenvalue weighted by atomic mass is 9.84. The summed E-state index contributed by atoms with van der Waals surface area (Å²) in [4.78, 5) is 39.3. The molecule has 3 N–H and O–H groups in total. The van der Waals surface area contributed by atoms with Crippen molar-refractivity contribution in [3.05, 3.63) is 29.8 Å². The number of carbonyl (C=O) groups is 3. The van der Waals surface area contributed by atoms with E-state index >= 15 is 0 Å². The van der Waals surface area contributed by atoms with Crippen LogP contribution < -0.4 is 10.0 Å². The Kier molecular flexibility index (Phi) is 11.0. The molecule has 2 fully saturated rings.